The molecule has 2 heterocycles. The fraction of sp³-hybridized carbons (Fsp3) is 0.267. The number of nitrogens with one attached hydrogen (secondary N) is 2. The number of morpholine rings is 1. The second-order valence-corrected chi connectivity index (χ2v) is 9.36. The maximum atomic E-state index is 12.8. The van der Waals surface area contributed by atoms with Crippen LogP contribution in [0.25, 0.3) is 11.0 Å². The van der Waals surface area contributed by atoms with Crippen molar-refractivity contribution in [1.29, 1.82) is 0 Å². The average molecular weight is 498 g/mol. The highest BCUT2D eigenvalue weighted by atomic mass is 16.5. The van der Waals surface area contributed by atoms with Gasteiger partial charge in [0.15, 0.2) is 5.76 Å². The number of anilines is 1. The van der Waals surface area contributed by atoms with Crippen molar-refractivity contribution in [3.8, 4) is 0 Å². The van der Waals surface area contributed by atoms with Crippen molar-refractivity contribution < 1.29 is 18.7 Å². The Labute approximate surface area is 216 Å². The Kier molecular flexibility index (Phi) is 7.63. The summed E-state index contributed by atoms with van der Waals surface area (Å²) >= 11 is 0. The van der Waals surface area contributed by atoms with Crippen molar-refractivity contribution in [1.82, 2.24) is 10.2 Å². The summed E-state index contributed by atoms with van der Waals surface area (Å²) in [5.41, 5.74) is 4.59. The van der Waals surface area contributed by atoms with Crippen molar-refractivity contribution in [2.75, 3.05) is 38.2 Å². The molecule has 0 aliphatic carbocycles. The van der Waals surface area contributed by atoms with Gasteiger partial charge in [-0.05, 0) is 42.3 Å². The Morgan fingerprint density at radius 3 is 2.49 bits per heavy atom. The highest BCUT2D eigenvalue weighted by Gasteiger charge is 2.23. The number of nitrogens with zero attached hydrogens (tertiary/aromatic N) is 1. The van der Waals surface area contributed by atoms with Gasteiger partial charge in [-0.15, -0.1) is 0 Å². The molecular weight excluding hydrogens is 466 g/mol. The molecule has 2 N–H and O–H groups in total. The second-order valence-electron chi connectivity index (χ2n) is 9.36. The fourth-order valence-corrected chi connectivity index (χ4v) is 4.68. The van der Waals surface area contributed by atoms with E-state index in [1.807, 2.05) is 36.4 Å². The molecule has 7 heteroatoms. The number of carbonyl (C=O) groups excluding carboxylic acids is 2. The van der Waals surface area contributed by atoms with Crippen LogP contribution in [0.15, 0.2) is 83.3 Å². The van der Waals surface area contributed by atoms with Gasteiger partial charge in [0.25, 0.3) is 5.91 Å². The predicted molar refractivity (Wildman–Crippen MR) is 144 cm³/mol. The van der Waals surface area contributed by atoms with Crippen LogP contribution >= 0.6 is 0 Å². The number of hydrogen-bond acceptors (Lipinski definition) is 5. The van der Waals surface area contributed by atoms with Crippen LogP contribution in [-0.2, 0) is 16.0 Å². The Morgan fingerprint density at radius 1 is 0.946 bits per heavy atom. The third-order valence-electron chi connectivity index (χ3n) is 6.63. The summed E-state index contributed by atoms with van der Waals surface area (Å²) in [6.45, 7) is 5.71. The first-order valence-corrected chi connectivity index (χ1v) is 12.6. The molecule has 0 spiro atoms. The molecule has 2 amide bonds. The smallest absolute Gasteiger partial charge is 0.291 e. The number of rotatable bonds is 8. The number of fused-ring (bicyclic) bond motifs is 1. The van der Waals surface area contributed by atoms with Crippen molar-refractivity contribution in [2.45, 2.75) is 19.4 Å². The molecule has 1 aliphatic heterocycles. The summed E-state index contributed by atoms with van der Waals surface area (Å²) in [6, 6.07) is 25.1. The maximum Gasteiger partial charge on any atom is 0.291 e. The van der Waals surface area contributed by atoms with E-state index in [1.54, 1.807) is 18.2 Å². The minimum atomic E-state index is -0.313. The van der Waals surface area contributed by atoms with Gasteiger partial charge in [0.05, 0.1) is 25.7 Å². The Morgan fingerprint density at radius 2 is 1.73 bits per heavy atom. The SMILES string of the molecule is Cc1cccc(C(CNC(=O)Cc2ccc(NC(=O)c3cc4ccccc4o3)cc2)N2CCOCC2)c1. The standard InChI is InChI=1S/C30H31N3O4/c1-21-5-4-7-23(17-21)26(33-13-15-36-16-14-33)20-31-29(34)18-22-9-11-25(12-10-22)32-30(35)28-19-24-6-2-3-8-27(24)37-28/h2-12,17,19,26H,13-16,18,20H2,1H3,(H,31,34)(H,32,35). The van der Waals surface area contributed by atoms with Crippen LogP contribution in [0.5, 0.6) is 0 Å². The summed E-state index contributed by atoms with van der Waals surface area (Å²) < 4.78 is 11.2. The number of para-hydroxylation sites is 1. The van der Waals surface area contributed by atoms with Crippen LogP contribution < -0.4 is 10.6 Å². The highest BCUT2D eigenvalue weighted by molar-refractivity contribution is 6.04. The molecule has 0 bridgehead atoms. The molecule has 1 aliphatic rings. The molecule has 3 aromatic carbocycles. The minimum Gasteiger partial charge on any atom is -0.451 e. The number of amides is 2. The van der Waals surface area contributed by atoms with E-state index in [-0.39, 0.29) is 30.0 Å². The zero-order chi connectivity index (χ0) is 25.6. The van der Waals surface area contributed by atoms with Crippen molar-refractivity contribution >= 4 is 28.5 Å². The summed E-state index contributed by atoms with van der Waals surface area (Å²) in [7, 11) is 0. The van der Waals surface area contributed by atoms with Gasteiger partial charge in [0.1, 0.15) is 5.58 Å². The van der Waals surface area contributed by atoms with E-state index in [9.17, 15) is 9.59 Å². The van der Waals surface area contributed by atoms with E-state index < -0.39 is 0 Å². The van der Waals surface area contributed by atoms with Crippen LogP contribution in [0.2, 0.25) is 0 Å². The summed E-state index contributed by atoms with van der Waals surface area (Å²) in [6.07, 6.45) is 0.265. The van der Waals surface area contributed by atoms with E-state index in [4.69, 9.17) is 9.15 Å². The van der Waals surface area contributed by atoms with Gasteiger partial charge in [-0.3, -0.25) is 14.5 Å². The summed E-state index contributed by atoms with van der Waals surface area (Å²) in [5.74, 6) is -0.0925. The Balaban J connectivity index is 1.17. The lowest BCUT2D eigenvalue weighted by atomic mass is 10.0. The molecule has 5 rings (SSSR count). The molecule has 1 fully saturated rings. The Bertz CT molecular complexity index is 1340. The predicted octanol–water partition coefficient (Wildman–Crippen LogP) is 4.73. The van der Waals surface area contributed by atoms with Gasteiger partial charge in [0.2, 0.25) is 5.91 Å². The van der Waals surface area contributed by atoms with Crippen molar-refractivity contribution in [2.24, 2.45) is 0 Å². The molecule has 7 nitrogen and oxygen atoms in total. The zero-order valence-corrected chi connectivity index (χ0v) is 20.9. The largest absolute Gasteiger partial charge is 0.451 e. The topological polar surface area (TPSA) is 83.8 Å². The number of carbonyl (C=O) groups is 2. The van der Waals surface area contributed by atoms with E-state index in [0.717, 1.165) is 24.0 Å². The number of benzene rings is 3. The first kappa shape index (κ1) is 24.7. The maximum absolute atomic E-state index is 12.8. The molecule has 1 aromatic heterocycles. The lowest BCUT2D eigenvalue weighted by Gasteiger charge is -2.35. The third kappa shape index (κ3) is 6.25. The van der Waals surface area contributed by atoms with Gasteiger partial charge >= 0.3 is 0 Å². The zero-order valence-electron chi connectivity index (χ0n) is 20.9. The molecule has 4 aromatic rings. The molecule has 1 unspecified atom stereocenters. The van der Waals surface area contributed by atoms with Crippen molar-refractivity contribution in [3.63, 3.8) is 0 Å². The van der Waals surface area contributed by atoms with Gasteiger partial charge in [0, 0.05) is 30.7 Å². The highest BCUT2D eigenvalue weighted by Crippen LogP contribution is 2.23. The third-order valence-corrected chi connectivity index (χ3v) is 6.63. The fourth-order valence-electron chi connectivity index (χ4n) is 4.68. The summed E-state index contributed by atoms with van der Waals surface area (Å²) in [5, 5.41) is 6.86. The molecule has 1 saturated heterocycles. The molecule has 0 radical (unpaired) electrons. The molecule has 37 heavy (non-hydrogen) atoms. The number of hydrogen-bond donors (Lipinski definition) is 2. The lowest BCUT2D eigenvalue weighted by Crippen LogP contribution is -2.44. The monoisotopic (exact) mass is 497 g/mol. The van der Waals surface area contributed by atoms with Gasteiger partial charge in [-0.2, -0.15) is 0 Å². The van der Waals surface area contributed by atoms with Gasteiger partial charge in [-0.1, -0.05) is 60.2 Å². The van der Waals surface area contributed by atoms with E-state index >= 15 is 0 Å². The van der Waals surface area contributed by atoms with Crippen LogP contribution in [-0.4, -0.2) is 49.6 Å². The molecule has 0 saturated carbocycles. The normalized spacial score (nSPS) is 14.8. The average Bonchev–Trinajstić information content (AvgIpc) is 3.35. The van der Waals surface area contributed by atoms with Gasteiger partial charge in [-0.25, -0.2) is 0 Å². The van der Waals surface area contributed by atoms with E-state index in [2.05, 4.69) is 46.7 Å². The first-order valence-electron chi connectivity index (χ1n) is 12.6. The second kappa shape index (κ2) is 11.4. The number of aryl methyl sites for hydroxylation is 1. The molecule has 1 atom stereocenters. The summed E-state index contributed by atoms with van der Waals surface area (Å²) in [4.78, 5) is 27.8. The number of ether oxygens (including phenoxy) is 1. The van der Waals surface area contributed by atoms with Gasteiger partial charge < -0.3 is 19.8 Å². The number of furan rings is 1. The van der Waals surface area contributed by atoms with Crippen LogP contribution in [0.3, 0.4) is 0 Å². The quantitative estimate of drug-likeness (QED) is 0.368. The van der Waals surface area contributed by atoms with E-state index in [0.29, 0.717) is 31.0 Å². The van der Waals surface area contributed by atoms with Crippen molar-refractivity contribution in [3.05, 3.63) is 101 Å². The first-order chi connectivity index (χ1) is 18.0. The van der Waals surface area contributed by atoms with Crippen LogP contribution in [0.4, 0.5) is 5.69 Å². The van der Waals surface area contributed by atoms with Crippen LogP contribution in [0, 0.1) is 6.92 Å². The lowest BCUT2D eigenvalue weighted by molar-refractivity contribution is -0.120. The van der Waals surface area contributed by atoms with E-state index in [1.165, 1.54) is 11.1 Å². The van der Waals surface area contributed by atoms with Crippen LogP contribution in [0.1, 0.15) is 33.3 Å². The molecular formula is C30H31N3O4. The molecule has 190 valence electrons. The minimum absolute atomic E-state index is 0.0371. The Hall–Kier alpha value is -3.94.